The monoisotopic (exact) mass is 362 g/mol. The largest absolute Gasteiger partial charge is 0.324 e. The molecule has 132 valence electrons. The standard InChI is InChI=1S/C15H18N6O3S/c1-3-21(4-2)25(23,24)13-7-5-6-12(8-13)18-15(22)10-20-11-17-19-14(20)9-16/h5-8,11H,3-4,10H2,1-2H3,(H,18,22). The quantitative estimate of drug-likeness (QED) is 0.778. The zero-order valence-electron chi connectivity index (χ0n) is 13.9. The molecule has 9 nitrogen and oxygen atoms in total. The van der Waals surface area contributed by atoms with Crippen molar-refractivity contribution in [3.63, 3.8) is 0 Å². The molecule has 2 aromatic rings. The van der Waals surface area contributed by atoms with Gasteiger partial charge < -0.3 is 5.32 Å². The van der Waals surface area contributed by atoms with Crippen LogP contribution in [-0.2, 0) is 21.4 Å². The van der Waals surface area contributed by atoms with Crippen molar-refractivity contribution in [2.24, 2.45) is 0 Å². The number of hydrogen-bond donors (Lipinski definition) is 1. The van der Waals surface area contributed by atoms with Gasteiger partial charge in [0, 0.05) is 18.8 Å². The third-order valence-corrected chi connectivity index (χ3v) is 5.54. The van der Waals surface area contributed by atoms with Gasteiger partial charge in [0.25, 0.3) is 0 Å². The minimum absolute atomic E-state index is 0.0213. The highest BCUT2D eigenvalue weighted by Gasteiger charge is 2.21. The molecule has 25 heavy (non-hydrogen) atoms. The van der Waals surface area contributed by atoms with Gasteiger partial charge in [0.15, 0.2) is 0 Å². The number of nitriles is 1. The first-order chi connectivity index (χ1) is 11.9. The Balaban J connectivity index is 2.17. The number of carbonyl (C=O) groups is 1. The van der Waals surface area contributed by atoms with E-state index in [2.05, 4.69) is 15.5 Å². The first-order valence-electron chi connectivity index (χ1n) is 7.60. The number of anilines is 1. The number of nitrogens with one attached hydrogen (secondary N) is 1. The summed E-state index contributed by atoms with van der Waals surface area (Å²) >= 11 is 0. The predicted molar refractivity (Wildman–Crippen MR) is 89.9 cm³/mol. The van der Waals surface area contributed by atoms with Crippen LogP contribution in [0.3, 0.4) is 0 Å². The summed E-state index contributed by atoms with van der Waals surface area (Å²) in [5.74, 6) is -0.401. The van der Waals surface area contributed by atoms with Crippen LogP contribution in [0.4, 0.5) is 5.69 Å². The number of hydrogen-bond acceptors (Lipinski definition) is 6. The molecule has 0 bridgehead atoms. The Morgan fingerprint density at radius 3 is 2.72 bits per heavy atom. The lowest BCUT2D eigenvalue weighted by molar-refractivity contribution is -0.116. The van der Waals surface area contributed by atoms with E-state index >= 15 is 0 Å². The number of carbonyl (C=O) groups excluding carboxylic acids is 1. The van der Waals surface area contributed by atoms with Crippen molar-refractivity contribution in [1.82, 2.24) is 19.1 Å². The Morgan fingerprint density at radius 1 is 1.36 bits per heavy atom. The summed E-state index contributed by atoms with van der Waals surface area (Å²) in [6.07, 6.45) is 1.28. The maximum absolute atomic E-state index is 12.5. The molecule has 1 aromatic heterocycles. The van der Waals surface area contributed by atoms with Crippen LogP contribution in [0.25, 0.3) is 0 Å². The molecule has 0 saturated heterocycles. The summed E-state index contributed by atoms with van der Waals surface area (Å²) in [4.78, 5) is 12.2. The van der Waals surface area contributed by atoms with Crippen LogP contribution < -0.4 is 5.32 Å². The smallest absolute Gasteiger partial charge is 0.244 e. The third kappa shape index (κ3) is 4.20. The topological polar surface area (TPSA) is 121 Å². The number of nitrogens with zero attached hydrogens (tertiary/aromatic N) is 5. The molecular formula is C15H18N6O3S. The second-order valence-corrected chi connectivity index (χ2v) is 7.00. The molecule has 1 aromatic carbocycles. The SMILES string of the molecule is CCN(CC)S(=O)(=O)c1cccc(NC(=O)Cn2cnnc2C#N)c1. The molecule has 0 fully saturated rings. The van der Waals surface area contributed by atoms with Gasteiger partial charge in [0.05, 0.1) is 4.90 Å². The van der Waals surface area contributed by atoms with E-state index in [1.165, 1.54) is 27.3 Å². The van der Waals surface area contributed by atoms with E-state index in [-0.39, 0.29) is 17.3 Å². The molecule has 1 amide bonds. The van der Waals surface area contributed by atoms with Crippen molar-refractivity contribution in [2.45, 2.75) is 25.3 Å². The summed E-state index contributed by atoms with van der Waals surface area (Å²) < 4.78 is 27.7. The molecule has 0 aliphatic rings. The van der Waals surface area contributed by atoms with Gasteiger partial charge in [-0.3, -0.25) is 9.36 Å². The minimum atomic E-state index is -3.61. The molecule has 0 atom stereocenters. The van der Waals surface area contributed by atoms with Crippen molar-refractivity contribution in [3.05, 3.63) is 36.4 Å². The molecule has 0 unspecified atom stereocenters. The molecule has 0 radical (unpaired) electrons. The minimum Gasteiger partial charge on any atom is -0.324 e. The molecule has 0 aliphatic heterocycles. The van der Waals surface area contributed by atoms with Gasteiger partial charge >= 0.3 is 0 Å². The lowest BCUT2D eigenvalue weighted by Gasteiger charge is -2.18. The van der Waals surface area contributed by atoms with Gasteiger partial charge in [0.1, 0.15) is 18.9 Å². The van der Waals surface area contributed by atoms with Crippen LogP contribution >= 0.6 is 0 Å². The van der Waals surface area contributed by atoms with Gasteiger partial charge in [-0.25, -0.2) is 8.42 Å². The highest BCUT2D eigenvalue weighted by Crippen LogP contribution is 2.19. The molecule has 10 heteroatoms. The Kier molecular flexibility index (Phi) is 5.84. The van der Waals surface area contributed by atoms with Gasteiger partial charge in [0.2, 0.25) is 21.8 Å². The molecule has 1 N–H and O–H groups in total. The molecule has 0 saturated carbocycles. The zero-order valence-corrected chi connectivity index (χ0v) is 14.7. The first kappa shape index (κ1) is 18.6. The zero-order chi connectivity index (χ0) is 18.4. The van der Waals surface area contributed by atoms with E-state index in [4.69, 9.17) is 5.26 Å². The van der Waals surface area contributed by atoms with E-state index < -0.39 is 15.9 Å². The summed E-state index contributed by atoms with van der Waals surface area (Å²) in [5.41, 5.74) is 0.352. The summed E-state index contributed by atoms with van der Waals surface area (Å²) in [7, 11) is -3.61. The van der Waals surface area contributed by atoms with Crippen LogP contribution in [0, 0.1) is 11.3 Å². The Morgan fingerprint density at radius 2 is 2.08 bits per heavy atom. The second kappa shape index (κ2) is 7.87. The highest BCUT2D eigenvalue weighted by molar-refractivity contribution is 7.89. The van der Waals surface area contributed by atoms with Crippen LogP contribution in [0.2, 0.25) is 0 Å². The van der Waals surface area contributed by atoms with Crippen LogP contribution in [0.1, 0.15) is 19.7 Å². The number of benzene rings is 1. The highest BCUT2D eigenvalue weighted by atomic mass is 32.2. The van der Waals surface area contributed by atoms with Crippen molar-refractivity contribution >= 4 is 21.6 Å². The van der Waals surface area contributed by atoms with Crippen molar-refractivity contribution in [1.29, 1.82) is 5.26 Å². The first-order valence-corrected chi connectivity index (χ1v) is 9.04. The number of rotatable bonds is 7. The van der Waals surface area contributed by atoms with Crippen molar-refractivity contribution in [3.8, 4) is 6.07 Å². The maximum Gasteiger partial charge on any atom is 0.244 e. The second-order valence-electron chi connectivity index (χ2n) is 5.06. The summed E-state index contributed by atoms with van der Waals surface area (Å²) in [6.45, 7) is 4.10. The molecule has 0 spiro atoms. The average Bonchev–Trinajstić information content (AvgIpc) is 3.03. The van der Waals surface area contributed by atoms with Gasteiger partial charge in [-0.15, -0.1) is 10.2 Å². The average molecular weight is 362 g/mol. The summed E-state index contributed by atoms with van der Waals surface area (Å²) in [6, 6.07) is 7.87. The molecule has 2 rings (SSSR count). The molecule has 1 heterocycles. The van der Waals surface area contributed by atoms with E-state index in [1.54, 1.807) is 26.0 Å². The lowest BCUT2D eigenvalue weighted by atomic mass is 10.3. The lowest BCUT2D eigenvalue weighted by Crippen LogP contribution is -2.30. The van der Waals surface area contributed by atoms with Crippen LogP contribution in [0.15, 0.2) is 35.5 Å². The fourth-order valence-corrected chi connectivity index (χ4v) is 3.76. The number of aromatic nitrogens is 3. The van der Waals surface area contributed by atoms with E-state index in [0.29, 0.717) is 18.8 Å². The predicted octanol–water partition coefficient (Wildman–Crippen LogP) is 0.819. The maximum atomic E-state index is 12.5. The van der Waals surface area contributed by atoms with E-state index in [9.17, 15) is 13.2 Å². The van der Waals surface area contributed by atoms with Crippen molar-refractivity contribution < 1.29 is 13.2 Å². The van der Waals surface area contributed by atoms with Crippen LogP contribution in [0.5, 0.6) is 0 Å². The van der Waals surface area contributed by atoms with Gasteiger partial charge in [-0.05, 0) is 18.2 Å². The van der Waals surface area contributed by atoms with E-state index in [1.807, 2.05) is 6.07 Å². The Hall–Kier alpha value is -2.77. The molecule has 0 aliphatic carbocycles. The third-order valence-electron chi connectivity index (χ3n) is 3.49. The molecular weight excluding hydrogens is 344 g/mol. The number of sulfonamides is 1. The van der Waals surface area contributed by atoms with Gasteiger partial charge in [-0.1, -0.05) is 19.9 Å². The van der Waals surface area contributed by atoms with Crippen LogP contribution in [-0.4, -0.2) is 46.5 Å². The number of amides is 1. The van der Waals surface area contributed by atoms with Gasteiger partial charge in [-0.2, -0.15) is 9.57 Å². The normalized spacial score (nSPS) is 11.3. The Bertz CT molecular complexity index is 896. The summed E-state index contributed by atoms with van der Waals surface area (Å²) in [5, 5.41) is 18.6. The Labute approximate surface area is 145 Å². The fourth-order valence-electron chi connectivity index (χ4n) is 2.26. The fraction of sp³-hybridized carbons (Fsp3) is 0.333. The van der Waals surface area contributed by atoms with Crippen molar-refractivity contribution in [2.75, 3.05) is 18.4 Å². The van der Waals surface area contributed by atoms with E-state index in [0.717, 1.165) is 0 Å².